The van der Waals surface area contributed by atoms with E-state index in [1.807, 2.05) is 28.1 Å². The molecule has 6 heteroatoms. The van der Waals surface area contributed by atoms with E-state index in [9.17, 15) is 9.59 Å². The Kier molecular flexibility index (Phi) is 5.72. The first kappa shape index (κ1) is 18.4. The third-order valence-electron chi connectivity index (χ3n) is 6.31. The number of rotatable bonds is 4. The van der Waals surface area contributed by atoms with Gasteiger partial charge in [-0.15, -0.1) is 0 Å². The van der Waals surface area contributed by atoms with Gasteiger partial charge in [0, 0.05) is 44.5 Å². The summed E-state index contributed by atoms with van der Waals surface area (Å²) in [4.78, 5) is 36.6. The average Bonchev–Trinajstić information content (AvgIpc) is 3.04. The molecule has 0 unspecified atom stereocenters. The third-order valence-corrected chi connectivity index (χ3v) is 6.31. The van der Waals surface area contributed by atoms with Crippen LogP contribution in [-0.2, 0) is 9.59 Å². The molecule has 4 rings (SSSR count). The number of hydrogen-bond acceptors (Lipinski definition) is 4. The van der Waals surface area contributed by atoms with E-state index in [2.05, 4.69) is 9.88 Å². The number of likely N-dealkylation sites (tertiary alicyclic amines) is 1. The van der Waals surface area contributed by atoms with Gasteiger partial charge in [0.2, 0.25) is 11.8 Å². The van der Waals surface area contributed by atoms with Gasteiger partial charge in [-0.2, -0.15) is 0 Å². The summed E-state index contributed by atoms with van der Waals surface area (Å²) < 4.78 is 0. The normalized spacial score (nSPS) is 23.0. The lowest BCUT2D eigenvalue weighted by Gasteiger charge is -2.32. The number of pyridine rings is 1. The second-order valence-corrected chi connectivity index (χ2v) is 8.06. The molecule has 0 radical (unpaired) electrons. The van der Waals surface area contributed by atoms with Crippen LogP contribution in [0.1, 0.15) is 50.1 Å². The molecule has 2 saturated heterocycles. The van der Waals surface area contributed by atoms with Gasteiger partial charge in [-0.1, -0.05) is 12.5 Å². The van der Waals surface area contributed by atoms with E-state index >= 15 is 0 Å². The Morgan fingerprint density at radius 3 is 2.33 bits per heavy atom. The van der Waals surface area contributed by atoms with E-state index in [4.69, 9.17) is 0 Å². The minimum absolute atomic E-state index is 0.169. The van der Waals surface area contributed by atoms with Crippen LogP contribution in [0.5, 0.6) is 0 Å². The number of carbonyl (C=O) groups is 2. The highest BCUT2D eigenvalue weighted by Crippen LogP contribution is 2.30. The Hall–Kier alpha value is -1.95. The molecule has 1 aromatic rings. The van der Waals surface area contributed by atoms with Gasteiger partial charge in [0.05, 0.1) is 0 Å². The Morgan fingerprint density at radius 1 is 0.926 bits per heavy atom. The third kappa shape index (κ3) is 4.00. The fourth-order valence-corrected chi connectivity index (χ4v) is 4.49. The molecule has 1 aromatic heterocycles. The van der Waals surface area contributed by atoms with Crippen LogP contribution in [0.25, 0.3) is 0 Å². The molecule has 3 aliphatic rings. The molecular weight excluding hydrogens is 340 g/mol. The molecule has 2 amide bonds. The van der Waals surface area contributed by atoms with Gasteiger partial charge in [0.25, 0.3) is 0 Å². The molecule has 27 heavy (non-hydrogen) atoms. The van der Waals surface area contributed by atoms with E-state index in [0.717, 1.165) is 63.8 Å². The molecule has 1 aliphatic carbocycles. The number of carbonyl (C=O) groups excluding carboxylic acids is 2. The maximum atomic E-state index is 13.5. The van der Waals surface area contributed by atoms with Crippen LogP contribution in [0.2, 0.25) is 0 Å². The van der Waals surface area contributed by atoms with Crippen molar-refractivity contribution < 1.29 is 9.59 Å². The molecule has 3 heterocycles. The number of amides is 2. The molecule has 1 atom stereocenters. The lowest BCUT2D eigenvalue weighted by Crippen LogP contribution is -2.45. The van der Waals surface area contributed by atoms with Gasteiger partial charge < -0.3 is 9.80 Å². The van der Waals surface area contributed by atoms with Crippen molar-refractivity contribution in [3.63, 3.8) is 0 Å². The molecule has 6 nitrogen and oxygen atoms in total. The van der Waals surface area contributed by atoms with Gasteiger partial charge in [-0.3, -0.25) is 19.5 Å². The molecule has 2 aliphatic heterocycles. The number of aromatic nitrogens is 1. The summed E-state index contributed by atoms with van der Waals surface area (Å²) in [6.07, 6.45) is 9.99. The van der Waals surface area contributed by atoms with Crippen LogP contribution in [0.15, 0.2) is 24.5 Å². The minimum Gasteiger partial charge on any atom is -0.341 e. The smallest absolute Gasteiger partial charge is 0.244 e. The first-order valence-electron chi connectivity index (χ1n) is 10.5. The average molecular weight is 370 g/mol. The van der Waals surface area contributed by atoms with Gasteiger partial charge >= 0.3 is 0 Å². The first-order valence-corrected chi connectivity index (χ1v) is 10.5. The Balaban J connectivity index is 1.45. The van der Waals surface area contributed by atoms with E-state index in [0.29, 0.717) is 19.0 Å². The van der Waals surface area contributed by atoms with E-state index in [-0.39, 0.29) is 17.9 Å². The van der Waals surface area contributed by atoms with Gasteiger partial charge in [0.15, 0.2) is 0 Å². The quantitative estimate of drug-likeness (QED) is 0.814. The lowest BCUT2D eigenvalue weighted by atomic mass is 9.84. The fourth-order valence-electron chi connectivity index (χ4n) is 4.49. The predicted octanol–water partition coefficient (Wildman–Crippen LogP) is 2.08. The topological polar surface area (TPSA) is 56.8 Å². The molecule has 146 valence electrons. The highest BCUT2D eigenvalue weighted by Gasteiger charge is 2.35. The second kappa shape index (κ2) is 8.38. The largest absolute Gasteiger partial charge is 0.341 e. The SMILES string of the molecule is O=C(C1CCC1)N1CCCN(C(=O)[C@@H](c2cccnc2)N2CCCC2)CC1. The van der Waals surface area contributed by atoms with Crippen LogP contribution in [-0.4, -0.2) is 70.8 Å². The maximum absolute atomic E-state index is 13.5. The summed E-state index contributed by atoms with van der Waals surface area (Å²) in [7, 11) is 0. The predicted molar refractivity (Wildman–Crippen MR) is 103 cm³/mol. The summed E-state index contributed by atoms with van der Waals surface area (Å²) >= 11 is 0. The lowest BCUT2D eigenvalue weighted by molar-refractivity contribution is -0.140. The molecule has 3 fully saturated rings. The summed E-state index contributed by atoms with van der Waals surface area (Å²) in [6, 6.07) is 3.68. The van der Waals surface area contributed by atoms with Crippen molar-refractivity contribution in [1.82, 2.24) is 19.7 Å². The Morgan fingerprint density at radius 2 is 1.67 bits per heavy atom. The summed E-state index contributed by atoms with van der Waals surface area (Å²) in [5.41, 5.74) is 0.982. The molecule has 1 saturated carbocycles. The van der Waals surface area contributed by atoms with Gasteiger partial charge in [0.1, 0.15) is 6.04 Å². The zero-order valence-electron chi connectivity index (χ0n) is 16.1. The van der Waals surface area contributed by atoms with Crippen molar-refractivity contribution in [1.29, 1.82) is 0 Å². The number of hydrogen-bond donors (Lipinski definition) is 0. The van der Waals surface area contributed by atoms with E-state index in [1.54, 1.807) is 6.20 Å². The molecular formula is C21H30N4O2. The fraction of sp³-hybridized carbons (Fsp3) is 0.667. The number of nitrogens with zero attached hydrogens (tertiary/aromatic N) is 4. The van der Waals surface area contributed by atoms with Crippen molar-refractivity contribution in [2.45, 2.75) is 44.6 Å². The summed E-state index contributed by atoms with van der Waals surface area (Å²) in [5, 5.41) is 0. The van der Waals surface area contributed by atoms with Crippen LogP contribution in [0, 0.1) is 5.92 Å². The molecule has 0 aromatic carbocycles. The van der Waals surface area contributed by atoms with Crippen LogP contribution in [0.3, 0.4) is 0 Å². The zero-order valence-corrected chi connectivity index (χ0v) is 16.1. The van der Waals surface area contributed by atoms with Crippen molar-refractivity contribution in [2.75, 3.05) is 39.3 Å². The minimum atomic E-state index is -0.241. The Labute approximate surface area is 161 Å². The van der Waals surface area contributed by atoms with Crippen LogP contribution < -0.4 is 0 Å². The van der Waals surface area contributed by atoms with Crippen LogP contribution in [0.4, 0.5) is 0 Å². The van der Waals surface area contributed by atoms with Gasteiger partial charge in [-0.05, 0) is 56.8 Å². The monoisotopic (exact) mass is 370 g/mol. The zero-order chi connectivity index (χ0) is 18.6. The maximum Gasteiger partial charge on any atom is 0.244 e. The highest BCUT2D eigenvalue weighted by atomic mass is 16.2. The molecule has 0 bridgehead atoms. The summed E-state index contributed by atoms with van der Waals surface area (Å²) in [5.74, 6) is 0.710. The Bertz CT molecular complexity index is 655. The van der Waals surface area contributed by atoms with Crippen molar-refractivity contribution in [3.8, 4) is 0 Å². The summed E-state index contributed by atoms with van der Waals surface area (Å²) in [6.45, 7) is 4.75. The first-order chi connectivity index (χ1) is 13.2. The molecule has 0 N–H and O–H groups in total. The van der Waals surface area contributed by atoms with Crippen molar-refractivity contribution in [3.05, 3.63) is 30.1 Å². The highest BCUT2D eigenvalue weighted by molar-refractivity contribution is 5.84. The molecule has 0 spiro atoms. The van der Waals surface area contributed by atoms with E-state index in [1.165, 1.54) is 6.42 Å². The second-order valence-electron chi connectivity index (χ2n) is 8.06. The van der Waals surface area contributed by atoms with Gasteiger partial charge in [-0.25, -0.2) is 0 Å². The van der Waals surface area contributed by atoms with Crippen molar-refractivity contribution >= 4 is 11.8 Å². The van der Waals surface area contributed by atoms with Crippen LogP contribution >= 0.6 is 0 Å². The standard InChI is InChI=1S/C21H30N4O2/c26-20(17-6-3-7-17)24-12-5-13-25(15-14-24)21(27)19(23-10-1-2-11-23)18-8-4-9-22-16-18/h4,8-9,16-17,19H,1-3,5-7,10-15H2/t19-/m1/s1. The van der Waals surface area contributed by atoms with E-state index < -0.39 is 0 Å². The van der Waals surface area contributed by atoms with Crippen molar-refractivity contribution in [2.24, 2.45) is 5.92 Å².